The predicted octanol–water partition coefficient (Wildman–Crippen LogP) is 4.64. The summed E-state index contributed by atoms with van der Waals surface area (Å²) in [5, 5.41) is 3.89. The van der Waals surface area contributed by atoms with Crippen molar-refractivity contribution in [3.63, 3.8) is 0 Å². The zero-order valence-electron chi connectivity index (χ0n) is 12.1. The summed E-state index contributed by atoms with van der Waals surface area (Å²) in [5.41, 5.74) is 2.92. The Morgan fingerprint density at radius 1 is 1.10 bits per heavy atom. The molecule has 0 saturated heterocycles. The van der Waals surface area contributed by atoms with Crippen molar-refractivity contribution in [2.45, 2.75) is 36.7 Å². The highest BCUT2D eigenvalue weighted by atomic mass is 32.2. The number of hydrogen-bond acceptors (Lipinski definition) is 2. The minimum Gasteiger partial charge on any atom is -0.300 e. The van der Waals surface area contributed by atoms with Crippen LogP contribution < -0.4 is 5.32 Å². The van der Waals surface area contributed by atoms with Crippen molar-refractivity contribution >= 4 is 11.8 Å². The number of fused-ring (bicyclic) bond motifs is 1. The van der Waals surface area contributed by atoms with Gasteiger partial charge in [-0.2, -0.15) is 0 Å². The summed E-state index contributed by atoms with van der Waals surface area (Å²) in [6.45, 7) is 4.60. The van der Waals surface area contributed by atoms with E-state index in [4.69, 9.17) is 0 Å². The van der Waals surface area contributed by atoms with Gasteiger partial charge in [-0.3, -0.25) is 0 Å². The van der Waals surface area contributed by atoms with Crippen molar-refractivity contribution in [2.75, 3.05) is 5.75 Å². The van der Waals surface area contributed by atoms with E-state index in [9.17, 15) is 0 Å². The maximum absolute atomic E-state index is 3.89. The molecule has 0 bridgehead atoms. The highest BCUT2D eigenvalue weighted by molar-refractivity contribution is 7.99. The minimum absolute atomic E-state index is 0.171. The lowest BCUT2D eigenvalue weighted by atomic mass is 9.93. The minimum atomic E-state index is 0.171. The molecule has 2 aromatic carbocycles. The molecule has 2 aromatic rings. The molecule has 2 heteroatoms. The van der Waals surface area contributed by atoms with Gasteiger partial charge in [-0.15, -0.1) is 11.8 Å². The van der Waals surface area contributed by atoms with Crippen LogP contribution in [-0.2, 0) is 0 Å². The Labute approximate surface area is 125 Å². The van der Waals surface area contributed by atoms with Crippen LogP contribution in [-0.4, -0.2) is 11.3 Å². The van der Waals surface area contributed by atoms with E-state index in [2.05, 4.69) is 73.8 Å². The van der Waals surface area contributed by atoms with Crippen LogP contribution in [0.5, 0.6) is 0 Å². The van der Waals surface area contributed by atoms with Gasteiger partial charge in [-0.25, -0.2) is 0 Å². The summed E-state index contributed by atoms with van der Waals surface area (Å²) in [6, 6.07) is 19.9. The third-order valence-corrected chi connectivity index (χ3v) is 5.65. The third-order valence-electron chi connectivity index (χ3n) is 4.18. The van der Waals surface area contributed by atoms with Crippen LogP contribution >= 0.6 is 11.8 Å². The predicted molar refractivity (Wildman–Crippen MR) is 87.3 cm³/mol. The number of thioether (sulfide) groups is 1. The standard InChI is InChI=1S/C18H21NS/c1-3-18(2)13-20-16-12-8-7-11-15(16)17(19-18)14-9-5-4-6-10-14/h4-12,17,19H,3,13H2,1-2H3. The summed E-state index contributed by atoms with van der Waals surface area (Å²) in [5.74, 6) is 1.11. The fourth-order valence-electron chi connectivity index (χ4n) is 2.67. The molecule has 1 heterocycles. The summed E-state index contributed by atoms with van der Waals surface area (Å²) >= 11 is 1.98. The SMILES string of the molecule is CCC1(C)CSc2ccccc2C(c2ccccc2)N1. The Hall–Kier alpha value is -1.25. The van der Waals surface area contributed by atoms with Gasteiger partial charge in [0.15, 0.2) is 0 Å². The Kier molecular flexibility index (Phi) is 3.86. The molecule has 2 unspecified atom stereocenters. The molecule has 3 rings (SSSR count). The van der Waals surface area contributed by atoms with Crippen LogP contribution in [0.4, 0.5) is 0 Å². The van der Waals surface area contributed by atoms with Gasteiger partial charge in [0.05, 0.1) is 6.04 Å². The average Bonchev–Trinajstić information content (AvgIpc) is 2.66. The molecule has 1 N–H and O–H groups in total. The van der Waals surface area contributed by atoms with E-state index in [1.165, 1.54) is 16.0 Å². The van der Waals surface area contributed by atoms with E-state index in [0.717, 1.165) is 12.2 Å². The van der Waals surface area contributed by atoms with Crippen LogP contribution in [0.3, 0.4) is 0 Å². The van der Waals surface area contributed by atoms with Crippen LogP contribution in [0.1, 0.15) is 37.4 Å². The van der Waals surface area contributed by atoms with Crippen LogP contribution in [0.2, 0.25) is 0 Å². The monoisotopic (exact) mass is 283 g/mol. The third kappa shape index (κ3) is 2.63. The van der Waals surface area contributed by atoms with E-state index in [-0.39, 0.29) is 11.6 Å². The fraction of sp³-hybridized carbons (Fsp3) is 0.333. The van der Waals surface area contributed by atoms with Gasteiger partial charge in [0, 0.05) is 16.2 Å². The van der Waals surface area contributed by atoms with Gasteiger partial charge in [0.1, 0.15) is 0 Å². The number of benzene rings is 2. The Balaban J connectivity index is 2.08. The number of hydrogen-bond donors (Lipinski definition) is 1. The van der Waals surface area contributed by atoms with Crippen molar-refractivity contribution < 1.29 is 0 Å². The second kappa shape index (κ2) is 5.63. The zero-order valence-corrected chi connectivity index (χ0v) is 12.9. The molecule has 104 valence electrons. The Bertz CT molecular complexity index is 581. The number of rotatable bonds is 2. The van der Waals surface area contributed by atoms with Crippen LogP contribution in [0, 0.1) is 0 Å². The molecule has 0 saturated carbocycles. The molecule has 0 spiro atoms. The summed E-state index contributed by atoms with van der Waals surface area (Å²) < 4.78 is 0. The molecule has 0 amide bonds. The molecular weight excluding hydrogens is 262 g/mol. The highest BCUT2D eigenvalue weighted by Gasteiger charge is 2.31. The van der Waals surface area contributed by atoms with Gasteiger partial charge in [-0.05, 0) is 30.5 Å². The quantitative estimate of drug-likeness (QED) is 0.861. The van der Waals surface area contributed by atoms with Crippen LogP contribution in [0.15, 0.2) is 59.5 Å². The first-order valence-electron chi connectivity index (χ1n) is 7.26. The first kappa shape index (κ1) is 13.7. The normalized spacial score (nSPS) is 25.8. The molecule has 20 heavy (non-hydrogen) atoms. The molecule has 2 atom stereocenters. The van der Waals surface area contributed by atoms with Crippen molar-refractivity contribution in [1.82, 2.24) is 5.32 Å². The largest absolute Gasteiger partial charge is 0.300 e. The lowest BCUT2D eigenvalue weighted by Gasteiger charge is -2.32. The van der Waals surface area contributed by atoms with Gasteiger partial charge < -0.3 is 5.32 Å². The van der Waals surface area contributed by atoms with E-state index in [1.54, 1.807) is 0 Å². The van der Waals surface area contributed by atoms with E-state index >= 15 is 0 Å². The summed E-state index contributed by atoms with van der Waals surface area (Å²) in [6.07, 6.45) is 1.14. The average molecular weight is 283 g/mol. The van der Waals surface area contributed by atoms with E-state index in [0.29, 0.717) is 0 Å². The van der Waals surface area contributed by atoms with Gasteiger partial charge in [-0.1, -0.05) is 55.5 Å². The molecule has 0 aromatic heterocycles. The molecule has 0 aliphatic carbocycles. The molecule has 1 nitrogen and oxygen atoms in total. The van der Waals surface area contributed by atoms with Crippen molar-refractivity contribution in [2.24, 2.45) is 0 Å². The topological polar surface area (TPSA) is 12.0 Å². The maximum atomic E-state index is 3.89. The Morgan fingerprint density at radius 3 is 2.55 bits per heavy atom. The second-order valence-electron chi connectivity index (χ2n) is 5.73. The fourth-order valence-corrected chi connectivity index (χ4v) is 3.96. The number of nitrogens with one attached hydrogen (secondary N) is 1. The lowest BCUT2D eigenvalue weighted by molar-refractivity contribution is 0.357. The lowest BCUT2D eigenvalue weighted by Crippen LogP contribution is -2.45. The molecular formula is C18H21NS. The molecule has 1 aliphatic heterocycles. The summed E-state index contributed by atoms with van der Waals surface area (Å²) in [7, 11) is 0. The van der Waals surface area contributed by atoms with E-state index < -0.39 is 0 Å². The highest BCUT2D eigenvalue weighted by Crippen LogP contribution is 2.38. The van der Waals surface area contributed by atoms with Crippen molar-refractivity contribution in [1.29, 1.82) is 0 Å². The first-order valence-corrected chi connectivity index (χ1v) is 8.25. The van der Waals surface area contributed by atoms with E-state index in [1.807, 2.05) is 11.8 Å². The van der Waals surface area contributed by atoms with Crippen molar-refractivity contribution in [3.05, 3.63) is 65.7 Å². The summed E-state index contributed by atoms with van der Waals surface area (Å²) in [4.78, 5) is 1.41. The van der Waals surface area contributed by atoms with Gasteiger partial charge in [0.2, 0.25) is 0 Å². The first-order chi connectivity index (χ1) is 9.72. The van der Waals surface area contributed by atoms with Crippen molar-refractivity contribution in [3.8, 4) is 0 Å². The smallest absolute Gasteiger partial charge is 0.0592 e. The van der Waals surface area contributed by atoms with Gasteiger partial charge >= 0.3 is 0 Å². The van der Waals surface area contributed by atoms with Crippen LogP contribution in [0.25, 0.3) is 0 Å². The zero-order chi connectivity index (χ0) is 14.0. The maximum Gasteiger partial charge on any atom is 0.0592 e. The molecule has 0 radical (unpaired) electrons. The Morgan fingerprint density at radius 2 is 1.80 bits per heavy atom. The molecule has 1 aliphatic rings. The molecule has 0 fully saturated rings. The van der Waals surface area contributed by atoms with Gasteiger partial charge in [0.25, 0.3) is 0 Å². The second-order valence-corrected chi connectivity index (χ2v) is 6.75.